The molecule has 2 aromatic rings. The van der Waals surface area contributed by atoms with E-state index in [2.05, 4.69) is 10.2 Å². The number of benzene rings is 1. The van der Waals surface area contributed by atoms with Crippen molar-refractivity contribution in [2.75, 3.05) is 5.75 Å². The van der Waals surface area contributed by atoms with Gasteiger partial charge in [-0.25, -0.2) is 4.39 Å². The molecule has 1 N–H and O–H groups in total. The van der Waals surface area contributed by atoms with Crippen molar-refractivity contribution in [3.05, 3.63) is 35.9 Å². The van der Waals surface area contributed by atoms with Crippen molar-refractivity contribution in [1.29, 1.82) is 0 Å². The van der Waals surface area contributed by atoms with Gasteiger partial charge in [-0.1, -0.05) is 23.9 Å². The molecule has 0 aliphatic heterocycles. The van der Waals surface area contributed by atoms with E-state index in [-0.39, 0.29) is 24.2 Å². The van der Waals surface area contributed by atoms with Crippen molar-refractivity contribution in [3.8, 4) is 5.69 Å². The fraction of sp³-hybridized carbons (Fsp3) is 0.357. The maximum absolute atomic E-state index is 14.1. The van der Waals surface area contributed by atoms with Crippen LogP contribution in [0.1, 0.15) is 19.7 Å². The number of aliphatic carboxylic acids is 1. The van der Waals surface area contributed by atoms with Crippen LogP contribution in [0.25, 0.3) is 5.69 Å². The van der Waals surface area contributed by atoms with Crippen LogP contribution in [0, 0.1) is 5.82 Å². The van der Waals surface area contributed by atoms with Crippen molar-refractivity contribution in [2.24, 2.45) is 0 Å². The number of ether oxygens (including phenoxy) is 1. The first-order valence-electron chi connectivity index (χ1n) is 6.64. The molecule has 0 saturated heterocycles. The molecule has 0 atom stereocenters. The quantitative estimate of drug-likeness (QED) is 0.788. The van der Waals surface area contributed by atoms with Gasteiger partial charge in [0.25, 0.3) is 0 Å². The molecule has 0 spiro atoms. The van der Waals surface area contributed by atoms with E-state index in [4.69, 9.17) is 9.84 Å². The Morgan fingerprint density at radius 2 is 2.14 bits per heavy atom. The molecule has 118 valence electrons. The second kappa shape index (κ2) is 7.37. The topological polar surface area (TPSA) is 77.2 Å². The average Bonchev–Trinajstić information content (AvgIpc) is 2.86. The van der Waals surface area contributed by atoms with Crippen LogP contribution in [0.2, 0.25) is 0 Å². The zero-order valence-corrected chi connectivity index (χ0v) is 13.0. The number of aromatic nitrogens is 3. The van der Waals surface area contributed by atoms with Crippen LogP contribution >= 0.6 is 11.8 Å². The molecule has 0 bridgehead atoms. The molecule has 22 heavy (non-hydrogen) atoms. The number of carboxylic acids is 1. The molecule has 1 aromatic carbocycles. The van der Waals surface area contributed by atoms with Crippen LogP contribution in [0.4, 0.5) is 4.39 Å². The molecule has 6 nitrogen and oxygen atoms in total. The summed E-state index contributed by atoms with van der Waals surface area (Å²) >= 11 is 0.981. The highest BCUT2D eigenvalue weighted by Crippen LogP contribution is 2.24. The summed E-state index contributed by atoms with van der Waals surface area (Å²) in [5.41, 5.74) is 0.266. The first kappa shape index (κ1) is 16.4. The third kappa shape index (κ3) is 4.05. The summed E-state index contributed by atoms with van der Waals surface area (Å²) in [5.74, 6) is -1.18. The highest BCUT2D eigenvalue weighted by molar-refractivity contribution is 7.99. The fourth-order valence-corrected chi connectivity index (χ4v) is 2.41. The minimum absolute atomic E-state index is 0.0131. The minimum atomic E-state index is -0.979. The summed E-state index contributed by atoms with van der Waals surface area (Å²) in [7, 11) is 0. The predicted octanol–water partition coefficient (Wildman–Crippen LogP) is 2.51. The van der Waals surface area contributed by atoms with E-state index in [9.17, 15) is 9.18 Å². The first-order valence-corrected chi connectivity index (χ1v) is 7.63. The van der Waals surface area contributed by atoms with E-state index < -0.39 is 11.8 Å². The lowest BCUT2D eigenvalue weighted by molar-refractivity contribution is -0.133. The molecule has 1 heterocycles. The number of thioether (sulfide) groups is 1. The smallest absolute Gasteiger partial charge is 0.313 e. The molecule has 0 saturated carbocycles. The summed E-state index contributed by atoms with van der Waals surface area (Å²) in [6, 6.07) is 6.19. The van der Waals surface area contributed by atoms with Crippen LogP contribution in [0.5, 0.6) is 0 Å². The Balaban J connectivity index is 2.39. The van der Waals surface area contributed by atoms with Gasteiger partial charge in [0.2, 0.25) is 0 Å². The van der Waals surface area contributed by atoms with E-state index >= 15 is 0 Å². The minimum Gasteiger partial charge on any atom is -0.481 e. The molecule has 0 amide bonds. The van der Waals surface area contributed by atoms with Gasteiger partial charge in [0.1, 0.15) is 12.4 Å². The van der Waals surface area contributed by atoms with E-state index in [1.54, 1.807) is 18.2 Å². The summed E-state index contributed by atoms with van der Waals surface area (Å²) < 4.78 is 21.1. The van der Waals surface area contributed by atoms with Gasteiger partial charge in [-0.05, 0) is 26.0 Å². The molecule has 0 radical (unpaired) electrons. The summed E-state index contributed by atoms with van der Waals surface area (Å²) in [6.07, 6.45) is -0.0131. The predicted molar refractivity (Wildman–Crippen MR) is 79.6 cm³/mol. The Hall–Kier alpha value is -1.93. The molecule has 0 aliphatic carbocycles. The van der Waals surface area contributed by atoms with Crippen molar-refractivity contribution in [1.82, 2.24) is 14.8 Å². The normalized spacial score (nSPS) is 11.1. The second-order valence-electron chi connectivity index (χ2n) is 4.73. The molecular weight excluding hydrogens is 309 g/mol. The number of hydrogen-bond donors (Lipinski definition) is 1. The molecule has 0 fully saturated rings. The van der Waals surface area contributed by atoms with Crippen molar-refractivity contribution in [3.63, 3.8) is 0 Å². The SMILES string of the molecule is CC(C)OCc1nnc(SCC(=O)O)n1-c1ccccc1F. The molecule has 1 aromatic heterocycles. The number of nitrogens with zero attached hydrogens (tertiary/aromatic N) is 3. The van der Waals surface area contributed by atoms with E-state index in [0.29, 0.717) is 11.0 Å². The second-order valence-corrected chi connectivity index (χ2v) is 5.67. The lowest BCUT2D eigenvalue weighted by atomic mass is 10.3. The zero-order valence-electron chi connectivity index (χ0n) is 12.2. The molecule has 2 rings (SSSR count). The molecule has 8 heteroatoms. The first-order chi connectivity index (χ1) is 10.5. The highest BCUT2D eigenvalue weighted by Gasteiger charge is 2.18. The van der Waals surface area contributed by atoms with Crippen LogP contribution < -0.4 is 0 Å². The van der Waals surface area contributed by atoms with Gasteiger partial charge >= 0.3 is 5.97 Å². The third-order valence-electron chi connectivity index (χ3n) is 2.66. The van der Waals surface area contributed by atoms with Gasteiger partial charge < -0.3 is 9.84 Å². The fourth-order valence-electron chi connectivity index (χ4n) is 1.73. The molecule has 0 aliphatic rings. The number of carbonyl (C=O) groups is 1. The lowest BCUT2D eigenvalue weighted by Crippen LogP contribution is -2.10. The van der Waals surface area contributed by atoms with E-state index in [0.717, 1.165) is 11.8 Å². The van der Waals surface area contributed by atoms with Crippen LogP contribution in [-0.4, -0.2) is 37.7 Å². The number of halogens is 1. The number of para-hydroxylation sites is 1. The van der Waals surface area contributed by atoms with Gasteiger partial charge in [-0.15, -0.1) is 10.2 Å². The number of rotatable bonds is 7. The van der Waals surface area contributed by atoms with Crippen molar-refractivity contribution < 1.29 is 19.0 Å². The Bertz CT molecular complexity index is 661. The number of hydrogen-bond acceptors (Lipinski definition) is 5. The van der Waals surface area contributed by atoms with Crippen molar-refractivity contribution >= 4 is 17.7 Å². The number of carboxylic acid groups (broad SMARTS) is 1. The maximum Gasteiger partial charge on any atom is 0.313 e. The van der Waals surface area contributed by atoms with Crippen LogP contribution in [0.15, 0.2) is 29.4 Å². The third-order valence-corrected chi connectivity index (χ3v) is 3.58. The average molecular weight is 325 g/mol. The van der Waals surface area contributed by atoms with Gasteiger partial charge in [0.05, 0.1) is 17.5 Å². The highest BCUT2D eigenvalue weighted by atomic mass is 32.2. The largest absolute Gasteiger partial charge is 0.481 e. The molecule has 0 unspecified atom stereocenters. The lowest BCUT2D eigenvalue weighted by Gasteiger charge is -2.12. The Kier molecular flexibility index (Phi) is 5.51. The molecular formula is C14H16FN3O3S. The Labute approximate surface area is 131 Å². The van der Waals surface area contributed by atoms with Crippen LogP contribution in [0.3, 0.4) is 0 Å². The van der Waals surface area contributed by atoms with Gasteiger partial charge in [-0.2, -0.15) is 0 Å². The van der Waals surface area contributed by atoms with Gasteiger partial charge in [0, 0.05) is 0 Å². The van der Waals surface area contributed by atoms with E-state index in [1.807, 2.05) is 13.8 Å². The monoisotopic (exact) mass is 325 g/mol. The maximum atomic E-state index is 14.1. The van der Waals surface area contributed by atoms with Crippen molar-refractivity contribution in [2.45, 2.75) is 31.7 Å². The Morgan fingerprint density at radius 3 is 2.77 bits per heavy atom. The summed E-state index contributed by atoms with van der Waals surface area (Å²) in [5, 5.41) is 17.1. The zero-order chi connectivity index (χ0) is 16.1. The van der Waals surface area contributed by atoms with E-state index in [1.165, 1.54) is 10.6 Å². The standard InChI is InChI=1S/C14H16FN3O3S/c1-9(2)21-7-12-16-17-14(22-8-13(19)20)18(12)11-6-4-3-5-10(11)15/h3-6,9H,7-8H2,1-2H3,(H,19,20). The summed E-state index contributed by atoms with van der Waals surface area (Å²) in [6.45, 7) is 3.92. The van der Waals surface area contributed by atoms with Gasteiger partial charge in [-0.3, -0.25) is 9.36 Å². The Morgan fingerprint density at radius 1 is 1.41 bits per heavy atom. The van der Waals surface area contributed by atoms with Gasteiger partial charge in [0.15, 0.2) is 11.0 Å². The van der Waals surface area contributed by atoms with Crippen LogP contribution in [-0.2, 0) is 16.1 Å². The summed E-state index contributed by atoms with van der Waals surface area (Å²) in [4.78, 5) is 10.7.